The molecule has 7 nitrogen and oxygen atoms in total. The van der Waals surface area contributed by atoms with Crippen molar-refractivity contribution in [2.24, 2.45) is 0 Å². The molecule has 0 aliphatic carbocycles. The monoisotopic (exact) mass is 318 g/mol. The van der Waals surface area contributed by atoms with Crippen LogP contribution in [0, 0.1) is 0 Å². The third-order valence-corrected chi connectivity index (χ3v) is 3.34. The van der Waals surface area contributed by atoms with E-state index < -0.39 is 5.97 Å². The number of fused-ring (bicyclic) bond motifs is 1. The average Bonchev–Trinajstić information content (AvgIpc) is 2.54. The van der Waals surface area contributed by atoms with Crippen LogP contribution in [-0.2, 0) is 11.3 Å². The Labute approximate surface area is 132 Å². The SMILES string of the molecule is CCCOc1cc(C(=O)O)cc2ccc(=O)n(CC(=O)NC)c12. The second kappa shape index (κ2) is 6.95. The highest BCUT2D eigenvalue weighted by atomic mass is 16.5. The zero-order chi connectivity index (χ0) is 17.0. The minimum absolute atomic E-state index is 0.0637. The molecule has 0 saturated carbocycles. The maximum atomic E-state index is 12.1. The molecule has 2 rings (SSSR count). The predicted molar refractivity (Wildman–Crippen MR) is 85.0 cm³/mol. The molecule has 0 aliphatic heterocycles. The third kappa shape index (κ3) is 3.50. The van der Waals surface area contributed by atoms with Crippen molar-refractivity contribution in [2.75, 3.05) is 13.7 Å². The molecule has 0 aliphatic rings. The van der Waals surface area contributed by atoms with Gasteiger partial charge in [0.25, 0.3) is 5.56 Å². The first kappa shape index (κ1) is 16.5. The average molecular weight is 318 g/mol. The third-order valence-electron chi connectivity index (χ3n) is 3.34. The molecule has 7 heteroatoms. The van der Waals surface area contributed by atoms with Gasteiger partial charge < -0.3 is 15.2 Å². The topological polar surface area (TPSA) is 97.6 Å². The Morgan fingerprint density at radius 2 is 2.04 bits per heavy atom. The van der Waals surface area contributed by atoms with Gasteiger partial charge in [-0.1, -0.05) is 6.92 Å². The van der Waals surface area contributed by atoms with Crippen LogP contribution in [0.3, 0.4) is 0 Å². The molecule has 0 bridgehead atoms. The zero-order valence-electron chi connectivity index (χ0n) is 13.0. The molecule has 0 fully saturated rings. The van der Waals surface area contributed by atoms with Gasteiger partial charge in [-0.25, -0.2) is 4.79 Å². The lowest BCUT2D eigenvalue weighted by molar-refractivity contribution is -0.121. The molecular formula is C16H18N2O5. The number of carboxylic acid groups (broad SMARTS) is 1. The van der Waals surface area contributed by atoms with Crippen molar-refractivity contribution in [1.29, 1.82) is 0 Å². The number of benzene rings is 1. The lowest BCUT2D eigenvalue weighted by atomic mass is 10.1. The summed E-state index contributed by atoms with van der Waals surface area (Å²) in [7, 11) is 1.48. The van der Waals surface area contributed by atoms with E-state index in [4.69, 9.17) is 4.74 Å². The number of amides is 1. The first-order valence-corrected chi connectivity index (χ1v) is 7.22. The number of likely N-dealkylation sites (N-methyl/N-ethyl adjacent to an activating group) is 1. The lowest BCUT2D eigenvalue weighted by Crippen LogP contribution is -2.30. The lowest BCUT2D eigenvalue weighted by Gasteiger charge is -2.15. The minimum Gasteiger partial charge on any atom is -0.491 e. The summed E-state index contributed by atoms with van der Waals surface area (Å²) in [5.41, 5.74) is 0.124. The molecule has 0 radical (unpaired) electrons. The summed E-state index contributed by atoms with van der Waals surface area (Å²) >= 11 is 0. The summed E-state index contributed by atoms with van der Waals surface area (Å²) in [6.07, 6.45) is 0.727. The second-order valence-corrected chi connectivity index (χ2v) is 5.00. The largest absolute Gasteiger partial charge is 0.491 e. The molecule has 2 N–H and O–H groups in total. The molecular weight excluding hydrogens is 300 g/mol. The van der Waals surface area contributed by atoms with Crippen LogP contribution >= 0.6 is 0 Å². The van der Waals surface area contributed by atoms with E-state index in [9.17, 15) is 19.5 Å². The Bertz CT molecular complexity index is 810. The highest BCUT2D eigenvalue weighted by molar-refractivity contribution is 5.96. The summed E-state index contributed by atoms with van der Waals surface area (Å²) in [5.74, 6) is -1.14. The summed E-state index contributed by atoms with van der Waals surface area (Å²) in [5, 5.41) is 12.2. The summed E-state index contributed by atoms with van der Waals surface area (Å²) < 4.78 is 6.90. The Morgan fingerprint density at radius 3 is 2.65 bits per heavy atom. The van der Waals surface area contributed by atoms with Gasteiger partial charge in [-0.2, -0.15) is 0 Å². The number of carbonyl (C=O) groups excluding carboxylic acids is 1. The van der Waals surface area contributed by atoms with Gasteiger partial charge in [-0.3, -0.25) is 14.2 Å². The fraction of sp³-hybridized carbons (Fsp3) is 0.312. The number of aromatic nitrogens is 1. The van der Waals surface area contributed by atoms with Crippen molar-refractivity contribution < 1.29 is 19.4 Å². The maximum absolute atomic E-state index is 12.1. The van der Waals surface area contributed by atoms with Crippen LogP contribution in [0.4, 0.5) is 0 Å². The number of carbonyl (C=O) groups is 2. The van der Waals surface area contributed by atoms with Gasteiger partial charge in [0, 0.05) is 18.5 Å². The van der Waals surface area contributed by atoms with Gasteiger partial charge in [0.05, 0.1) is 17.7 Å². The second-order valence-electron chi connectivity index (χ2n) is 5.00. The molecule has 23 heavy (non-hydrogen) atoms. The van der Waals surface area contributed by atoms with Crippen molar-refractivity contribution in [3.63, 3.8) is 0 Å². The van der Waals surface area contributed by atoms with Gasteiger partial charge in [-0.15, -0.1) is 0 Å². The van der Waals surface area contributed by atoms with E-state index >= 15 is 0 Å². The number of rotatable bonds is 6. The van der Waals surface area contributed by atoms with Gasteiger partial charge in [0.1, 0.15) is 12.3 Å². The number of ether oxygens (including phenoxy) is 1. The number of carboxylic acids is 1. The summed E-state index contributed by atoms with van der Waals surface area (Å²) in [4.78, 5) is 35.1. The number of nitrogens with zero attached hydrogens (tertiary/aromatic N) is 1. The highest BCUT2D eigenvalue weighted by Crippen LogP contribution is 2.27. The zero-order valence-corrected chi connectivity index (χ0v) is 13.0. The Balaban J connectivity index is 2.73. The maximum Gasteiger partial charge on any atom is 0.335 e. The van der Waals surface area contributed by atoms with E-state index in [0.29, 0.717) is 17.5 Å². The summed E-state index contributed by atoms with van der Waals surface area (Å²) in [6.45, 7) is 2.13. The number of pyridine rings is 1. The van der Waals surface area contributed by atoms with Gasteiger partial charge >= 0.3 is 5.97 Å². The van der Waals surface area contributed by atoms with Crippen LogP contribution < -0.4 is 15.6 Å². The van der Waals surface area contributed by atoms with Crippen molar-refractivity contribution in [1.82, 2.24) is 9.88 Å². The molecule has 1 aromatic heterocycles. The number of hydrogen-bond acceptors (Lipinski definition) is 4. The van der Waals surface area contributed by atoms with E-state index in [0.717, 1.165) is 6.42 Å². The van der Waals surface area contributed by atoms with Crippen molar-refractivity contribution in [2.45, 2.75) is 19.9 Å². The normalized spacial score (nSPS) is 10.5. The first-order chi connectivity index (χ1) is 11.0. The van der Waals surface area contributed by atoms with Crippen molar-refractivity contribution in [3.8, 4) is 5.75 Å². The molecule has 0 spiro atoms. The van der Waals surface area contributed by atoms with Crippen LogP contribution in [0.15, 0.2) is 29.1 Å². The van der Waals surface area contributed by atoms with Crippen LogP contribution in [0.2, 0.25) is 0 Å². The molecule has 1 heterocycles. The molecule has 2 aromatic rings. The smallest absolute Gasteiger partial charge is 0.335 e. The fourth-order valence-corrected chi connectivity index (χ4v) is 2.23. The van der Waals surface area contributed by atoms with E-state index in [2.05, 4.69) is 5.32 Å². The number of nitrogens with one attached hydrogen (secondary N) is 1. The molecule has 1 amide bonds. The van der Waals surface area contributed by atoms with Crippen molar-refractivity contribution >= 4 is 22.8 Å². The number of aromatic carboxylic acids is 1. The standard InChI is InChI=1S/C16H18N2O5/c1-3-6-23-12-8-11(16(21)22)7-10-4-5-14(20)18(15(10)12)9-13(19)17-2/h4-5,7-8H,3,6,9H2,1-2H3,(H,17,19)(H,21,22). The molecule has 1 aromatic carbocycles. The Morgan fingerprint density at radius 1 is 1.30 bits per heavy atom. The Kier molecular flexibility index (Phi) is 5.00. The fourth-order valence-electron chi connectivity index (χ4n) is 2.23. The first-order valence-electron chi connectivity index (χ1n) is 7.22. The predicted octanol–water partition coefficient (Wildman–Crippen LogP) is 1.23. The van der Waals surface area contributed by atoms with Crippen molar-refractivity contribution in [3.05, 3.63) is 40.2 Å². The van der Waals surface area contributed by atoms with Gasteiger partial charge in [-0.05, 0) is 24.6 Å². The summed E-state index contributed by atoms with van der Waals surface area (Å²) in [6, 6.07) is 5.67. The van der Waals surface area contributed by atoms with Crippen LogP contribution in [-0.4, -0.2) is 35.2 Å². The minimum atomic E-state index is -1.09. The molecule has 0 saturated heterocycles. The van der Waals surface area contributed by atoms with Crippen LogP contribution in [0.5, 0.6) is 5.75 Å². The van der Waals surface area contributed by atoms with E-state index in [1.54, 1.807) is 0 Å². The van der Waals surface area contributed by atoms with Crippen LogP contribution in [0.1, 0.15) is 23.7 Å². The van der Waals surface area contributed by atoms with Gasteiger partial charge in [0.15, 0.2) is 0 Å². The van der Waals surface area contributed by atoms with Crippen LogP contribution in [0.25, 0.3) is 10.9 Å². The highest BCUT2D eigenvalue weighted by Gasteiger charge is 2.15. The van der Waals surface area contributed by atoms with E-state index in [-0.39, 0.29) is 29.3 Å². The van der Waals surface area contributed by atoms with E-state index in [1.165, 1.54) is 35.9 Å². The number of hydrogen-bond donors (Lipinski definition) is 2. The molecule has 0 unspecified atom stereocenters. The molecule has 0 atom stereocenters. The van der Waals surface area contributed by atoms with Gasteiger partial charge in [0.2, 0.25) is 5.91 Å². The quantitative estimate of drug-likeness (QED) is 0.835. The Hall–Kier alpha value is -2.83. The molecule has 122 valence electrons. The van der Waals surface area contributed by atoms with E-state index in [1.807, 2.05) is 6.92 Å².